The zero-order valence-electron chi connectivity index (χ0n) is 12.0. The molecule has 0 saturated heterocycles. The lowest BCUT2D eigenvalue weighted by atomic mass is 10.2. The van der Waals surface area contributed by atoms with E-state index in [4.69, 9.17) is 22.1 Å². The molecule has 0 aliphatic rings. The highest BCUT2D eigenvalue weighted by molar-refractivity contribution is 7.89. The molecule has 2 N–H and O–H groups in total. The number of sulfonamides is 1. The summed E-state index contributed by atoms with van der Waals surface area (Å²) in [7, 11) is -1.86. The Morgan fingerprint density at radius 3 is 2.65 bits per heavy atom. The highest BCUT2D eigenvalue weighted by atomic mass is 35.5. The van der Waals surface area contributed by atoms with Crippen molar-refractivity contribution in [2.24, 2.45) is 0 Å². The maximum absolute atomic E-state index is 12.1. The van der Waals surface area contributed by atoms with Crippen LogP contribution in [0.5, 0.6) is 0 Å². The van der Waals surface area contributed by atoms with Crippen molar-refractivity contribution in [1.82, 2.24) is 4.31 Å². The summed E-state index contributed by atoms with van der Waals surface area (Å²) in [5.74, 6) is -0.0540. The second kappa shape index (κ2) is 7.26. The summed E-state index contributed by atoms with van der Waals surface area (Å²) in [5.41, 5.74) is 6.92. The number of ether oxygens (including phenoxy) is 1. The molecule has 114 valence electrons. The fraction of sp³-hybridized carbons (Fsp3) is 0.538. The van der Waals surface area contributed by atoms with E-state index in [2.05, 4.69) is 0 Å². The summed E-state index contributed by atoms with van der Waals surface area (Å²) in [6.07, 6.45) is 0.0128. The van der Waals surface area contributed by atoms with Gasteiger partial charge in [0.05, 0.1) is 18.5 Å². The van der Waals surface area contributed by atoms with Gasteiger partial charge in [0.15, 0.2) is 0 Å². The molecule has 0 aromatic heterocycles. The molecule has 0 radical (unpaired) electrons. The van der Waals surface area contributed by atoms with E-state index in [0.717, 1.165) is 0 Å². The molecule has 0 spiro atoms. The molecular formula is C13H21ClN2O3S. The first-order chi connectivity index (χ1) is 9.22. The quantitative estimate of drug-likeness (QED) is 0.781. The van der Waals surface area contributed by atoms with Crippen LogP contribution in [0.1, 0.15) is 19.4 Å². The van der Waals surface area contributed by atoms with E-state index < -0.39 is 10.0 Å². The first-order valence-electron chi connectivity index (χ1n) is 6.32. The Morgan fingerprint density at radius 1 is 1.40 bits per heavy atom. The fourth-order valence-electron chi connectivity index (χ4n) is 1.60. The molecular weight excluding hydrogens is 300 g/mol. The molecule has 20 heavy (non-hydrogen) atoms. The number of benzene rings is 1. The minimum Gasteiger partial charge on any atom is -0.399 e. The van der Waals surface area contributed by atoms with Crippen LogP contribution in [0.4, 0.5) is 5.69 Å². The van der Waals surface area contributed by atoms with Gasteiger partial charge in [-0.2, -0.15) is 0 Å². The van der Waals surface area contributed by atoms with Gasteiger partial charge < -0.3 is 10.5 Å². The number of anilines is 1. The Hall–Kier alpha value is -0.820. The summed E-state index contributed by atoms with van der Waals surface area (Å²) < 4.78 is 30.7. The van der Waals surface area contributed by atoms with Crippen LogP contribution in [0.3, 0.4) is 0 Å². The molecule has 1 aromatic rings. The van der Waals surface area contributed by atoms with Crippen molar-refractivity contribution in [1.29, 1.82) is 0 Å². The van der Waals surface area contributed by atoms with E-state index in [9.17, 15) is 8.42 Å². The van der Waals surface area contributed by atoms with Crippen LogP contribution < -0.4 is 5.73 Å². The molecule has 0 heterocycles. The van der Waals surface area contributed by atoms with Gasteiger partial charge in [-0.3, -0.25) is 0 Å². The minimum absolute atomic E-state index is 0.0128. The minimum atomic E-state index is -3.37. The molecule has 0 amide bonds. The number of rotatable bonds is 7. The summed E-state index contributed by atoms with van der Waals surface area (Å²) in [6.45, 7) is 4.09. The normalized spacial score (nSPS) is 12.3. The number of nitrogens with two attached hydrogens (primary N) is 1. The van der Waals surface area contributed by atoms with Gasteiger partial charge in [0.1, 0.15) is 0 Å². The van der Waals surface area contributed by atoms with Gasteiger partial charge in [0.2, 0.25) is 10.0 Å². The van der Waals surface area contributed by atoms with Crippen LogP contribution in [0, 0.1) is 0 Å². The average molecular weight is 321 g/mol. The number of hydrogen-bond acceptors (Lipinski definition) is 4. The van der Waals surface area contributed by atoms with E-state index >= 15 is 0 Å². The molecule has 0 bridgehead atoms. The number of halogens is 1. The Bertz CT molecular complexity index is 547. The lowest BCUT2D eigenvalue weighted by Gasteiger charge is -2.18. The average Bonchev–Trinajstić information content (AvgIpc) is 2.33. The van der Waals surface area contributed by atoms with E-state index in [1.54, 1.807) is 18.2 Å². The van der Waals surface area contributed by atoms with E-state index in [0.29, 0.717) is 16.3 Å². The van der Waals surface area contributed by atoms with Gasteiger partial charge in [-0.15, -0.1) is 0 Å². The number of hydrogen-bond donors (Lipinski definition) is 1. The van der Waals surface area contributed by atoms with Gasteiger partial charge >= 0.3 is 0 Å². The summed E-state index contributed by atoms with van der Waals surface area (Å²) >= 11 is 6.03. The maximum Gasteiger partial charge on any atom is 0.216 e. The first kappa shape index (κ1) is 17.2. The standard InChI is InChI=1S/C13H21ClN2O3S/c1-10(2)19-6-7-20(17,18)16(3)9-11-8-12(15)4-5-13(11)14/h4-5,8,10H,6-7,9,15H2,1-3H3. The summed E-state index contributed by atoms with van der Waals surface area (Å²) in [6, 6.07) is 5.02. The lowest BCUT2D eigenvalue weighted by Crippen LogP contribution is -2.31. The summed E-state index contributed by atoms with van der Waals surface area (Å²) in [4.78, 5) is 0. The first-order valence-corrected chi connectivity index (χ1v) is 8.30. The van der Waals surface area contributed by atoms with Crippen molar-refractivity contribution in [2.45, 2.75) is 26.5 Å². The number of nitrogens with zero attached hydrogens (tertiary/aromatic N) is 1. The SMILES string of the molecule is CC(C)OCCS(=O)(=O)N(C)Cc1cc(N)ccc1Cl. The molecule has 0 atom stereocenters. The Labute approximate surface area is 125 Å². The highest BCUT2D eigenvalue weighted by Gasteiger charge is 2.19. The zero-order valence-corrected chi connectivity index (χ0v) is 13.5. The van der Waals surface area contributed by atoms with Crippen LogP contribution in [0.15, 0.2) is 18.2 Å². The largest absolute Gasteiger partial charge is 0.399 e. The van der Waals surface area contributed by atoms with Gasteiger partial charge in [-0.05, 0) is 37.6 Å². The van der Waals surface area contributed by atoms with E-state index in [1.165, 1.54) is 11.4 Å². The van der Waals surface area contributed by atoms with Crippen molar-refractivity contribution in [3.05, 3.63) is 28.8 Å². The van der Waals surface area contributed by atoms with Gasteiger partial charge in [-0.25, -0.2) is 12.7 Å². The molecule has 5 nitrogen and oxygen atoms in total. The topological polar surface area (TPSA) is 72.6 Å². The van der Waals surface area contributed by atoms with Crippen molar-refractivity contribution in [2.75, 3.05) is 25.1 Å². The highest BCUT2D eigenvalue weighted by Crippen LogP contribution is 2.21. The smallest absolute Gasteiger partial charge is 0.216 e. The van der Waals surface area contributed by atoms with E-state index in [-0.39, 0.29) is 25.0 Å². The fourth-order valence-corrected chi connectivity index (χ4v) is 2.73. The van der Waals surface area contributed by atoms with Crippen LogP contribution in [0.2, 0.25) is 5.02 Å². The molecule has 7 heteroatoms. The Kier molecular flexibility index (Phi) is 6.26. The number of nitrogen functional groups attached to an aromatic ring is 1. The second-order valence-electron chi connectivity index (χ2n) is 4.84. The van der Waals surface area contributed by atoms with Crippen LogP contribution in [-0.2, 0) is 21.3 Å². The van der Waals surface area contributed by atoms with Crippen LogP contribution in [0.25, 0.3) is 0 Å². The Balaban J connectivity index is 2.69. The van der Waals surface area contributed by atoms with Crippen LogP contribution in [-0.4, -0.2) is 38.2 Å². The third-order valence-electron chi connectivity index (χ3n) is 2.73. The van der Waals surface area contributed by atoms with Gasteiger partial charge in [-0.1, -0.05) is 11.6 Å². The zero-order chi connectivity index (χ0) is 15.3. The predicted molar refractivity (Wildman–Crippen MR) is 82.2 cm³/mol. The second-order valence-corrected chi connectivity index (χ2v) is 7.45. The van der Waals surface area contributed by atoms with Crippen LogP contribution >= 0.6 is 11.6 Å². The van der Waals surface area contributed by atoms with Crippen molar-refractivity contribution in [3.63, 3.8) is 0 Å². The third-order valence-corrected chi connectivity index (χ3v) is 4.86. The van der Waals surface area contributed by atoms with Crippen molar-refractivity contribution >= 4 is 27.3 Å². The van der Waals surface area contributed by atoms with E-state index in [1.807, 2.05) is 13.8 Å². The Morgan fingerprint density at radius 2 is 2.05 bits per heavy atom. The molecule has 0 saturated carbocycles. The molecule has 1 aromatic carbocycles. The molecule has 0 aliphatic heterocycles. The van der Waals surface area contributed by atoms with Crippen molar-refractivity contribution < 1.29 is 13.2 Å². The molecule has 0 unspecified atom stereocenters. The maximum atomic E-state index is 12.1. The lowest BCUT2D eigenvalue weighted by molar-refractivity contribution is 0.0907. The summed E-state index contributed by atoms with van der Waals surface area (Å²) in [5, 5.41) is 0.500. The molecule has 0 fully saturated rings. The van der Waals surface area contributed by atoms with Crippen molar-refractivity contribution in [3.8, 4) is 0 Å². The molecule has 1 rings (SSSR count). The predicted octanol–water partition coefficient (Wildman–Crippen LogP) is 2.11. The van der Waals surface area contributed by atoms with Gasteiger partial charge in [0.25, 0.3) is 0 Å². The molecule has 0 aliphatic carbocycles. The monoisotopic (exact) mass is 320 g/mol. The van der Waals surface area contributed by atoms with Gasteiger partial charge in [0, 0.05) is 24.3 Å². The third kappa shape index (κ3) is 5.28.